The van der Waals surface area contributed by atoms with Crippen LogP contribution in [0.1, 0.15) is 56.2 Å². The first kappa shape index (κ1) is 13.6. The van der Waals surface area contributed by atoms with Gasteiger partial charge < -0.3 is 5.32 Å². The maximum absolute atomic E-state index is 3.83. The molecule has 1 aromatic carbocycles. The second-order valence-electron chi connectivity index (χ2n) is 6.47. The second-order valence-corrected chi connectivity index (χ2v) is 7.38. The van der Waals surface area contributed by atoms with Crippen molar-refractivity contribution in [2.45, 2.75) is 51.5 Å². The maximum atomic E-state index is 3.83. The van der Waals surface area contributed by atoms with Gasteiger partial charge in [-0.1, -0.05) is 41.8 Å². The highest BCUT2D eigenvalue weighted by molar-refractivity contribution is 9.10. The van der Waals surface area contributed by atoms with Crippen molar-refractivity contribution in [1.82, 2.24) is 5.32 Å². The van der Waals surface area contributed by atoms with Crippen LogP contribution in [0, 0.1) is 11.8 Å². The Labute approximate surface area is 125 Å². The second kappa shape index (κ2) is 5.97. The molecule has 0 bridgehead atoms. The van der Waals surface area contributed by atoms with Gasteiger partial charge in [0.1, 0.15) is 0 Å². The molecule has 104 valence electrons. The number of benzene rings is 1. The number of hydrogen-bond donors (Lipinski definition) is 1. The van der Waals surface area contributed by atoms with Gasteiger partial charge in [-0.2, -0.15) is 0 Å². The van der Waals surface area contributed by atoms with Crippen LogP contribution in [-0.4, -0.2) is 6.54 Å². The highest BCUT2D eigenvalue weighted by Crippen LogP contribution is 2.34. The molecule has 0 aliphatic heterocycles. The number of aryl methyl sites for hydroxylation is 1. The minimum Gasteiger partial charge on any atom is -0.310 e. The van der Waals surface area contributed by atoms with Crippen LogP contribution in [0.2, 0.25) is 0 Å². The van der Waals surface area contributed by atoms with Gasteiger partial charge in [0.15, 0.2) is 0 Å². The van der Waals surface area contributed by atoms with Crippen molar-refractivity contribution < 1.29 is 0 Å². The molecular weight excluding hydrogens is 298 g/mol. The first-order valence-electron chi connectivity index (χ1n) is 7.74. The van der Waals surface area contributed by atoms with E-state index in [4.69, 9.17) is 0 Å². The predicted octanol–water partition coefficient (Wildman–Crippen LogP) is 4.85. The van der Waals surface area contributed by atoms with Crippen LogP contribution in [0.4, 0.5) is 0 Å². The third-order valence-corrected chi connectivity index (χ3v) is 5.46. The normalized spacial score (nSPS) is 30.3. The summed E-state index contributed by atoms with van der Waals surface area (Å²) in [6.07, 6.45) is 8.21. The third kappa shape index (κ3) is 3.22. The fourth-order valence-electron chi connectivity index (χ4n) is 3.64. The largest absolute Gasteiger partial charge is 0.310 e. The number of nitrogens with one attached hydrogen (secondary N) is 1. The molecule has 1 aromatic rings. The summed E-state index contributed by atoms with van der Waals surface area (Å²) < 4.78 is 1.22. The number of rotatable bonds is 3. The SMILES string of the molecule is CC1CCC(CNC2CCc3cc(Br)ccc32)CC1. The molecule has 0 radical (unpaired) electrons. The van der Waals surface area contributed by atoms with E-state index in [1.54, 1.807) is 0 Å². The molecule has 2 aliphatic rings. The summed E-state index contributed by atoms with van der Waals surface area (Å²) >= 11 is 3.57. The van der Waals surface area contributed by atoms with Crippen molar-refractivity contribution in [1.29, 1.82) is 0 Å². The molecule has 0 amide bonds. The van der Waals surface area contributed by atoms with E-state index in [0.717, 1.165) is 11.8 Å². The molecule has 0 saturated heterocycles. The minimum absolute atomic E-state index is 0.599. The smallest absolute Gasteiger partial charge is 0.0326 e. The predicted molar refractivity (Wildman–Crippen MR) is 84.3 cm³/mol. The van der Waals surface area contributed by atoms with Crippen LogP contribution in [0.3, 0.4) is 0 Å². The van der Waals surface area contributed by atoms with Gasteiger partial charge in [-0.05, 0) is 67.3 Å². The lowest BCUT2D eigenvalue weighted by Gasteiger charge is -2.27. The van der Waals surface area contributed by atoms with Gasteiger partial charge in [-0.25, -0.2) is 0 Å². The standard InChI is InChI=1S/C17H24BrN/c1-12-2-4-13(5-3-12)11-19-17-9-6-14-10-15(18)7-8-16(14)17/h7-8,10,12-13,17,19H,2-6,9,11H2,1H3. The van der Waals surface area contributed by atoms with Crippen LogP contribution in [0.25, 0.3) is 0 Å². The molecule has 0 aromatic heterocycles. The van der Waals surface area contributed by atoms with Crippen molar-refractivity contribution >= 4 is 15.9 Å². The molecule has 2 heteroatoms. The zero-order valence-electron chi connectivity index (χ0n) is 11.8. The summed E-state index contributed by atoms with van der Waals surface area (Å²) in [6.45, 7) is 3.61. The fourth-order valence-corrected chi connectivity index (χ4v) is 4.05. The Kier molecular flexibility index (Phi) is 4.28. The first-order valence-corrected chi connectivity index (χ1v) is 8.53. The lowest BCUT2D eigenvalue weighted by atomic mass is 9.83. The van der Waals surface area contributed by atoms with Crippen LogP contribution in [0.15, 0.2) is 22.7 Å². The monoisotopic (exact) mass is 321 g/mol. The molecule has 3 rings (SSSR count). The molecular formula is C17H24BrN. The van der Waals surface area contributed by atoms with E-state index in [1.807, 2.05) is 0 Å². The third-order valence-electron chi connectivity index (χ3n) is 4.97. The molecule has 2 aliphatic carbocycles. The molecule has 1 saturated carbocycles. The maximum Gasteiger partial charge on any atom is 0.0326 e. The lowest BCUT2D eigenvalue weighted by Crippen LogP contribution is -2.28. The van der Waals surface area contributed by atoms with Crippen molar-refractivity contribution in [3.63, 3.8) is 0 Å². The Bertz CT molecular complexity index is 435. The van der Waals surface area contributed by atoms with Gasteiger partial charge in [0.2, 0.25) is 0 Å². The lowest BCUT2D eigenvalue weighted by molar-refractivity contribution is 0.274. The van der Waals surface area contributed by atoms with E-state index in [1.165, 1.54) is 60.7 Å². The Hall–Kier alpha value is -0.340. The Morgan fingerprint density at radius 2 is 1.95 bits per heavy atom. The summed E-state index contributed by atoms with van der Waals surface area (Å²) in [7, 11) is 0. The van der Waals surface area contributed by atoms with E-state index < -0.39 is 0 Å². The molecule has 1 N–H and O–H groups in total. The van der Waals surface area contributed by atoms with Crippen molar-refractivity contribution in [2.24, 2.45) is 11.8 Å². The number of hydrogen-bond acceptors (Lipinski definition) is 1. The first-order chi connectivity index (χ1) is 9.22. The van der Waals surface area contributed by atoms with Gasteiger partial charge >= 0.3 is 0 Å². The average molecular weight is 322 g/mol. The van der Waals surface area contributed by atoms with E-state index in [2.05, 4.69) is 46.4 Å². The number of halogens is 1. The topological polar surface area (TPSA) is 12.0 Å². The average Bonchev–Trinajstić information content (AvgIpc) is 2.80. The highest BCUT2D eigenvalue weighted by atomic mass is 79.9. The van der Waals surface area contributed by atoms with Gasteiger partial charge in [-0.3, -0.25) is 0 Å². The zero-order chi connectivity index (χ0) is 13.2. The fraction of sp³-hybridized carbons (Fsp3) is 0.647. The van der Waals surface area contributed by atoms with Gasteiger partial charge in [0, 0.05) is 10.5 Å². The van der Waals surface area contributed by atoms with Gasteiger partial charge in [0.25, 0.3) is 0 Å². The summed E-state index contributed by atoms with van der Waals surface area (Å²) in [5, 5.41) is 3.83. The van der Waals surface area contributed by atoms with Gasteiger partial charge in [-0.15, -0.1) is 0 Å². The van der Waals surface area contributed by atoms with E-state index in [-0.39, 0.29) is 0 Å². The minimum atomic E-state index is 0.599. The van der Waals surface area contributed by atoms with Crippen LogP contribution < -0.4 is 5.32 Å². The zero-order valence-corrected chi connectivity index (χ0v) is 13.4. The molecule has 1 atom stereocenters. The summed E-state index contributed by atoms with van der Waals surface area (Å²) in [4.78, 5) is 0. The van der Waals surface area contributed by atoms with E-state index in [0.29, 0.717) is 6.04 Å². The Morgan fingerprint density at radius 3 is 2.74 bits per heavy atom. The molecule has 1 fully saturated rings. The van der Waals surface area contributed by atoms with Crippen molar-refractivity contribution in [3.05, 3.63) is 33.8 Å². The summed E-state index contributed by atoms with van der Waals surface area (Å²) in [5.41, 5.74) is 3.07. The highest BCUT2D eigenvalue weighted by Gasteiger charge is 2.24. The molecule has 0 spiro atoms. The molecule has 1 unspecified atom stereocenters. The molecule has 19 heavy (non-hydrogen) atoms. The van der Waals surface area contributed by atoms with Crippen LogP contribution in [-0.2, 0) is 6.42 Å². The number of fused-ring (bicyclic) bond motifs is 1. The Morgan fingerprint density at radius 1 is 1.16 bits per heavy atom. The van der Waals surface area contributed by atoms with Crippen LogP contribution >= 0.6 is 15.9 Å². The molecule has 0 heterocycles. The van der Waals surface area contributed by atoms with E-state index >= 15 is 0 Å². The summed E-state index contributed by atoms with van der Waals surface area (Å²) in [5.74, 6) is 1.87. The quantitative estimate of drug-likeness (QED) is 0.838. The van der Waals surface area contributed by atoms with Gasteiger partial charge in [0.05, 0.1) is 0 Å². The van der Waals surface area contributed by atoms with Crippen molar-refractivity contribution in [2.75, 3.05) is 6.54 Å². The molecule has 1 nitrogen and oxygen atoms in total. The van der Waals surface area contributed by atoms with Crippen LogP contribution in [0.5, 0.6) is 0 Å². The van der Waals surface area contributed by atoms with E-state index in [9.17, 15) is 0 Å². The summed E-state index contributed by atoms with van der Waals surface area (Å²) in [6, 6.07) is 7.37. The Balaban J connectivity index is 1.55. The van der Waals surface area contributed by atoms with Crippen molar-refractivity contribution in [3.8, 4) is 0 Å².